The molecule has 0 saturated heterocycles. The Kier molecular flexibility index (Phi) is 5.72. The molecule has 0 aliphatic heterocycles. The molecule has 1 aromatic heterocycles. The summed E-state index contributed by atoms with van der Waals surface area (Å²) in [6, 6.07) is 15.0. The third kappa shape index (κ3) is 4.19. The van der Waals surface area contributed by atoms with Gasteiger partial charge in [0.1, 0.15) is 17.4 Å². The molecule has 0 bridgehead atoms. The zero-order valence-corrected chi connectivity index (χ0v) is 15.5. The topological polar surface area (TPSA) is 122 Å². The van der Waals surface area contributed by atoms with Crippen molar-refractivity contribution in [2.45, 2.75) is 10.9 Å². The highest BCUT2D eigenvalue weighted by atomic mass is 32.2. The first-order valence-electron chi connectivity index (χ1n) is 8.07. The molecule has 0 aliphatic rings. The molecule has 3 rings (SSSR count). The summed E-state index contributed by atoms with van der Waals surface area (Å²) in [5.74, 6) is 1.02. The van der Waals surface area contributed by atoms with Crippen LogP contribution in [0.15, 0.2) is 58.5 Å². The second-order valence-corrected chi connectivity index (χ2v) is 6.61. The molecule has 1 N–H and O–H groups in total. The fourth-order valence-electron chi connectivity index (χ4n) is 2.49. The van der Waals surface area contributed by atoms with Gasteiger partial charge in [0.05, 0.1) is 17.7 Å². The van der Waals surface area contributed by atoms with Crippen molar-refractivity contribution in [1.82, 2.24) is 9.97 Å². The van der Waals surface area contributed by atoms with E-state index in [1.54, 1.807) is 43.5 Å². The number of nitrogens with one attached hydrogen (secondary N) is 1. The Labute approximate surface area is 164 Å². The third-order valence-electron chi connectivity index (χ3n) is 3.87. The number of benzene rings is 2. The van der Waals surface area contributed by atoms with Crippen molar-refractivity contribution in [2.75, 3.05) is 7.11 Å². The van der Waals surface area contributed by atoms with Crippen molar-refractivity contribution in [3.63, 3.8) is 0 Å². The minimum atomic E-state index is -0.537. The van der Waals surface area contributed by atoms with Crippen LogP contribution in [0, 0.1) is 21.4 Å². The number of hydrogen-bond donors (Lipinski definition) is 1. The fraction of sp³-hybridized carbons (Fsp3) is 0.105. The second-order valence-electron chi connectivity index (χ2n) is 5.65. The van der Waals surface area contributed by atoms with E-state index in [1.165, 1.54) is 23.9 Å². The van der Waals surface area contributed by atoms with Gasteiger partial charge in [0.15, 0.2) is 5.16 Å². The zero-order chi connectivity index (χ0) is 20.1. The standard InChI is InChI=1S/C19H14N4O4S/c1-27-15-7-5-13(6-8-15)17-16(10-20)18(24)22-19(21-17)28-11-12-3-2-4-14(9-12)23(25)26/h2-9H,11H2,1H3,(H,21,22,24). The number of aromatic amines is 1. The lowest BCUT2D eigenvalue weighted by atomic mass is 10.1. The number of ether oxygens (including phenoxy) is 1. The predicted molar refractivity (Wildman–Crippen MR) is 104 cm³/mol. The van der Waals surface area contributed by atoms with Crippen LogP contribution in [0.2, 0.25) is 0 Å². The van der Waals surface area contributed by atoms with Gasteiger partial charge in [0.2, 0.25) is 0 Å². The first-order chi connectivity index (χ1) is 13.5. The molecule has 28 heavy (non-hydrogen) atoms. The summed E-state index contributed by atoms with van der Waals surface area (Å²) in [6.07, 6.45) is 0. The molecule has 0 spiro atoms. The molecular formula is C19H14N4O4S. The number of nitrogens with zero attached hydrogens (tertiary/aromatic N) is 3. The summed E-state index contributed by atoms with van der Waals surface area (Å²) < 4.78 is 5.12. The van der Waals surface area contributed by atoms with E-state index >= 15 is 0 Å². The number of H-pyrrole nitrogens is 1. The summed E-state index contributed by atoms with van der Waals surface area (Å²) in [5.41, 5.74) is 0.987. The van der Waals surface area contributed by atoms with Gasteiger partial charge in [0.25, 0.3) is 11.2 Å². The number of aromatic nitrogens is 2. The van der Waals surface area contributed by atoms with Crippen LogP contribution < -0.4 is 10.3 Å². The molecular weight excluding hydrogens is 380 g/mol. The number of nitro groups is 1. The first kappa shape index (κ1) is 19.1. The van der Waals surface area contributed by atoms with E-state index in [0.717, 1.165) is 5.56 Å². The van der Waals surface area contributed by atoms with Crippen LogP contribution in [0.5, 0.6) is 5.75 Å². The SMILES string of the molecule is COc1ccc(-c2nc(SCc3cccc([N+](=O)[O-])c3)[nH]c(=O)c2C#N)cc1. The van der Waals surface area contributed by atoms with Crippen LogP contribution in [0.4, 0.5) is 5.69 Å². The smallest absolute Gasteiger partial charge is 0.270 e. The van der Waals surface area contributed by atoms with Crippen molar-refractivity contribution in [3.05, 3.63) is 80.1 Å². The van der Waals surface area contributed by atoms with Crippen LogP contribution in [0.1, 0.15) is 11.1 Å². The molecule has 0 radical (unpaired) electrons. The summed E-state index contributed by atoms with van der Waals surface area (Å²) in [4.78, 5) is 29.7. The predicted octanol–water partition coefficient (Wildman–Crippen LogP) is 3.52. The summed E-state index contributed by atoms with van der Waals surface area (Å²) in [6.45, 7) is 0. The molecule has 8 nitrogen and oxygen atoms in total. The summed E-state index contributed by atoms with van der Waals surface area (Å²) >= 11 is 1.22. The molecule has 0 saturated carbocycles. The Morgan fingerprint density at radius 2 is 2.04 bits per heavy atom. The average Bonchev–Trinajstić information content (AvgIpc) is 2.72. The van der Waals surface area contributed by atoms with Crippen LogP contribution in [0.25, 0.3) is 11.3 Å². The maximum absolute atomic E-state index is 12.3. The van der Waals surface area contributed by atoms with E-state index in [1.807, 2.05) is 6.07 Å². The van der Waals surface area contributed by atoms with Crippen molar-refractivity contribution in [3.8, 4) is 23.1 Å². The Morgan fingerprint density at radius 3 is 2.68 bits per heavy atom. The number of non-ortho nitro benzene ring substituents is 1. The lowest BCUT2D eigenvalue weighted by molar-refractivity contribution is -0.384. The highest BCUT2D eigenvalue weighted by molar-refractivity contribution is 7.98. The van der Waals surface area contributed by atoms with E-state index in [9.17, 15) is 20.2 Å². The van der Waals surface area contributed by atoms with Gasteiger partial charge in [-0.3, -0.25) is 14.9 Å². The molecule has 2 aromatic carbocycles. The van der Waals surface area contributed by atoms with E-state index in [2.05, 4.69) is 9.97 Å². The summed E-state index contributed by atoms with van der Waals surface area (Å²) in [5, 5.41) is 20.5. The molecule has 0 fully saturated rings. The number of methoxy groups -OCH3 is 1. The highest BCUT2D eigenvalue weighted by Gasteiger charge is 2.14. The third-order valence-corrected chi connectivity index (χ3v) is 4.81. The molecule has 0 aliphatic carbocycles. The molecule has 1 heterocycles. The lowest BCUT2D eigenvalue weighted by Gasteiger charge is -2.07. The Balaban J connectivity index is 1.91. The Hall–Kier alpha value is -3.64. The van der Waals surface area contributed by atoms with Gasteiger partial charge < -0.3 is 9.72 Å². The van der Waals surface area contributed by atoms with E-state index < -0.39 is 10.5 Å². The zero-order valence-electron chi connectivity index (χ0n) is 14.7. The normalized spacial score (nSPS) is 10.3. The van der Waals surface area contributed by atoms with Crippen LogP contribution in [0.3, 0.4) is 0 Å². The number of thioether (sulfide) groups is 1. The van der Waals surface area contributed by atoms with Crippen molar-refractivity contribution in [1.29, 1.82) is 5.26 Å². The van der Waals surface area contributed by atoms with E-state index in [-0.39, 0.29) is 16.9 Å². The van der Waals surface area contributed by atoms with E-state index in [0.29, 0.717) is 22.2 Å². The largest absolute Gasteiger partial charge is 0.497 e. The van der Waals surface area contributed by atoms with Gasteiger partial charge in [-0.05, 0) is 29.8 Å². The van der Waals surface area contributed by atoms with Gasteiger partial charge in [-0.15, -0.1) is 0 Å². The lowest BCUT2D eigenvalue weighted by Crippen LogP contribution is -2.14. The Bertz CT molecular complexity index is 1120. The Morgan fingerprint density at radius 1 is 1.29 bits per heavy atom. The number of hydrogen-bond acceptors (Lipinski definition) is 7. The van der Waals surface area contributed by atoms with Crippen LogP contribution in [-0.4, -0.2) is 22.0 Å². The van der Waals surface area contributed by atoms with Gasteiger partial charge in [-0.1, -0.05) is 23.9 Å². The summed E-state index contributed by atoms with van der Waals surface area (Å²) in [7, 11) is 1.55. The highest BCUT2D eigenvalue weighted by Crippen LogP contribution is 2.26. The first-order valence-corrected chi connectivity index (χ1v) is 9.05. The van der Waals surface area contributed by atoms with Gasteiger partial charge in [-0.2, -0.15) is 5.26 Å². The molecule has 0 unspecified atom stereocenters. The van der Waals surface area contributed by atoms with Crippen LogP contribution in [-0.2, 0) is 5.75 Å². The maximum atomic E-state index is 12.3. The molecule has 3 aromatic rings. The second kappa shape index (κ2) is 8.37. The van der Waals surface area contributed by atoms with Gasteiger partial charge >= 0.3 is 0 Å². The van der Waals surface area contributed by atoms with Gasteiger partial charge in [-0.25, -0.2) is 4.98 Å². The molecule has 0 amide bonds. The minimum absolute atomic E-state index is 0.00157. The molecule has 9 heteroatoms. The number of nitriles is 1. The average molecular weight is 394 g/mol. The van der Waals surface area contributed by atoms with Crippen molar-refractivity contribution in [2.24, 2.45) is 0 Å². The van der Waals surface area contributed by atoms with E-state index in [4.69, 9.17) is 4.74 Å². The monoisotopic (exact) mass is 394 g/mol. The van der Waals surface area contributed by atoms with Crippen molar-refractivity contribution >= 4 is 17.4 Å². The minimum Gasteiger partial charge on any atom is -0.497 e. The number of rotatable bonds is 6. The molecule has 140 valence electrons. The van der Waals surface area contributed by atoms with Gasteiger partial charge in [0, 0.05) is 23.4 Å². The number of nitro benzene ring substituents is 1. The maximum Gasteiger partial charge on any atom is 0.270 e. The van der Waals surface area contributed by atoms with Crippen molar-refractivity contribution < 1.29 is 9.66 Å². The quantitative estimate of drug-likeness (QED) is 0.294. The molecule has 0 atom stereocenters. The van der Waals surface area contributed by atoms with Crippen LogP contribution >= 0.6 is 11.8 Å². The fourth-order valence-corrected chi connectivity index (χ4v) is 3.30.